The van der Waals surface area contributed by atoms with Gasteiger partial charge in [-0.2, -0.15) is 0 Å². The van der Waals surface area contributed by atoms with E-state index in [-0.39, 0.29) is 5.56 Å². The molecule has 19 heavy (non-hydrogen) atoms. The lowest BCUT2D eigenvalue weighted by molar-refractivity contribution is 0.0697. The zero-order valence-electron chi connectivity index (χ0n) is 10.3. The van der Waals surface area contributed by atoms with Gasteiger partial charge in [0.1, 0.15) is 16.5 Å². The first-order valence-electron chi connectivity index (χ1n) is 5.79. The number of hydrogen-bond acceptors (Lipinski definition) is 4. The van der Waals surface area contributed by atoms with Gasteiger partial charge in [-0.15, -0.1) is 11.3 Å². The molecular formula is C13H13ClN2O2S. The number of carbonyl (C=O) groups is 1. The summed E-state index contributed by atoms with van der Waals surface area (Å²) in [5.41, 5.74) is 0.169. The van der Waals surface area contributed by atoms with Gasteiger partial charge in [0.25, 0.3) is 0 Å². The molecule has 100 valence electrons. The van der Waals surface area contributed by atoms with Crippen molar-refractivity contribution < 1.29 is 9.90 Å². The average Bonchev–Trinajstić information content (AvgIpc) is 2.88. The monoisotopic (exact) mass is 296 g/mol. The second kappa shape index (κ2) is 6.04. The third kappa shape index (κ3) is 3.24. The Morgan fingerprint density at radius 3 is 2.84 bits per heavy atom. The van der Waals surface area contributed by atoms with Gasteiger partial charge in [-0.25, -0.2) is 9.78 Å². The minimum absolute atomic E-state index is 0.169. The van der Waals surface area contributed by atoms with E-state index in [1.165, 1.54) is 12.1 Å². The standard InChI is InChI=1S/C13H13ClN2O2S/c1-2-16(8-9-4-3-7-19-9)12-10(13(17)18)5-6-11(14)15-12/h3-7H,2,8H2,1H3,(H,17,18). The largest absolute Gasteiger partial charge is 0.478 e. The first-order chi connectivity index (χ1) is 9.11. The van der Waals surface area contributed by atoms with E-state index in [0.29, 0.717) is 24.1 Å². The van der Waals surface area contributed by atoms with Crippen molar-refractivity contribution in [2.24, 2.45) is 0 Å². The van der Waals surface area contributed by atoms with Crippen LogP contribution in [0.15, 0.2) is 29.6 Å². The SMILES string of the molecule is CCN(Cc1cccs1)c1nc(Cl)ccc1C(=O)O. The van der Waals surface area contributed by atoms with Gasteiger partial charge >= 0.3 is 5.97 Å². The van der Waals surface area contributed by atoms with Crippen molar-refractivity contribution in [3.63, 3.8) is 0 Å². The Morgan fingerprint density at radius 1 is 1.47 bits per heavy atom. The molecule has 0 unspecified atom stereocenters. The van der Waals surface area contributed by atoms with Crippen LogP contribution in [-0.4, -0.2) is 22.6 Å². The van der Waals surface area contributed by atoms with Crippen LogP contribution in [0.25, 0.3) is 0 Å². The van der Waals surface area contributed by atoms with Crippen molar-refractivity contribution in [2.75, 3.05) is 11.4 Å². The molecular weight excluding hydrogens is 284 g/mol. The number of aromatic carboxylic acids is 1. The van der Waals surface area contributed by atoms with Crippen LogP contribution in [0.4, 0.5) is 5.82 Å². The van der Waals surface area contributed by atoms with Gasteiger partial charge in [0.05, 0.1) is 6.54 Å². The molecule has 0 saturated carbocycles. The van der Waals surface area contributed by atoms with Crippen molar-refractivity contribution in [1.82, 2.24) is 4.98 Å². The van der Waals surface area contributed by atoms with E-state index in [0.717, 1.165) is 4.88 Å². The zero-order valence-corrected chi connectivity index (χ0v) is 11.9. The number of halogens is 1. The number of anilines is 1. The zero-order chi connectivity index (χ0) is 13.8. The number of carboxylic acids is 1. The number of hydrogen-bond donors (Lipinski definition) is 1. The molecule has 0 bridgehead atoms. The smallest absolute Gasteiger partial charge is 0.339 e. The van der Waals surface area contributed by atoms with Crippen molar-refractivity contribution in [1.29, 1.82) is 0 Å². The molecule has 6 heteroatoms. The van der Waals surface area contributed by atoms with Gasteiger partial charge in [0, 0.05) is 11.4 Å². The number of pyridine rings is 1. The highest BCUT2D eigenvalue weighted by molar-refractivity contribution is 7.09. The Balaban J connectivity index is 2.36. The molecule has 2 heterocycles. The molecule has 0 radical (unpaired) electrons. The first-order valence-corrected chi connectivity index (χ1v) is 7.04. The van der Waals surface area contributed by atoms with Crippen LogP contribution < -0.4 is 4.90 Å². The molecule has 1 N–H and O–H groups in total. The van der Waals surface area contributed by atoms with Crippen LogP contribution >= 0.6 is 22.9 Å². The molecule has 2 aromatic heterocycles. The van der Waals surface area contributed by atoms with E-state index in [2.05, 4.69) is 4.98 Å². The van der Waals surface area contributed by atoms with E-state index in [4.69, 9.17) is 11.6 Å². The molecule has 4 nitrogen and oxygen atoms in total. The van der Waals surface area contributed by atoms with Crippen LogP contribution in [0.5, 0.6) is 0 Å². The maximum Gasteiger partial charge on any atom is 0.339 e. The Labute approximate surface area is 120 Å². The van der Waals surface area contributed by atoms with Gasteiger partial charge < -0.3 is 10.0 Å². The lowest BCUT2D eigenvalue weighted by atomic mass is 10.2. The number of aromatic nitrogens is 1. The maximum absolute atomic E-state index is 11.2. The molecule has 2 rings (SSSR count). The van der Waals surface area contributed by atoms with Crippen molar-refractivity contribution >= 4 is 34.7 Å². The summed E-state index contributed by atoms with van der Waals surface area (Å²) in [5, 5.41) is 11.5. The summed E-state index contributed by atoms with van der Waals surface area (Å²) in [6.45, 7) is 3.25. The van der Waals surface area contributed by atoms with Crippen molar-refractivity contribution in [2.45, 2.75) is 13.5 Å². The van der Waals surface area contributed by atoms with Gasteiger partial charge in [-0.3, -0.25) is 0 Å². The molecule has 0 amide bonds. The van der Waals surface area contributed by atoms with E-state index in [1.54, 1.807) is 11.3 Å². The van der Waals surface area contributed by atoms with Crippen LogP contribution in [-0.2, 0) is 6.54 Å². The highest BCUT2D eigenvalue weighted by Gasteiger charge is 2.17. The summed E-state index contributed by atoms with van der Waals surface area (Å²) in [7, 11) is 0. The Bertz CT molecular complexity index is 572. The molecule has 2 aromatic rings. The predicted octanol–water partition coefficient (Wildman–Crippen LogP) is 3.52. The molecule has 0 spiro atoms. The molecule has 0 aromatic carbocycles. The van der Waals surface area contributed by atoms with Crippen molar-refractivity contribution in [3.8, 4) is 0 Å². The molecule has 0 aliphatic heterocycles. The number of carboxylic acid groups (broad SMARTS) is 1. The number of nitrogens with zero attached hydrogens (tertiary/aromatic N) is 2. The Morgan fingerprint density at radius 2 is 2.26 bits per heavy atom. The molecule has 0 saturated heterocycles. The van der Waals surface area contributed by atoms with Gasteiger partial charge in [-0.1, -0.05) is 17.7 Å². The van der Waals surface area contributed by atoms with E-state index >= 15 is 0 Å². The van der Waals surface area contributed by atoms with Crippen LogP contribution in [0, 0.1) is 0 Å². The third-order valence-corrected chi connectivity index (χ3v) is 3.75. The first kappa shape index (κ1) is 13.8. The maximum atomic E-state index is 11.2. The molecule has 0 aliphatic rings. The number of rotatable bonds is 5. The average molecular weight is 297 g/mol. The fraction of sp³-hybridized carbons (Fsp3) is 0.231. The normalized spacial score (nSPS) is 10.4. The van der Waals surface area contributed by atoms with Crippen LogP contribution in [0.2, 0.25) is 5.15 Å². The third-order valence-electron chi connectivity index (χ3n) is 2.68. The highest BCUT2D eigenvalue weighted by atomic mass is 35.5. The summed E-state index contributed by atoms with van der Waals surface area (Å²) < 4.78 is 0. The fourth-order valence-corrected chi connectivity index (χ4v) is 2.62. The minimum Gasteiger partial charge on any atom is -0.478 e. The second-order valence-corrected chi connectivity index (χ2v) is 5.32. The van der Waals surface area contributed by atoms with Crippen LogP contribution in [0.1, 0.15) is 22.2 Å². The quantitative estimate of drug-likeness (QED) is 0.858. The topological polar surface area (TPSA) is 53.4 Å². The lowest BCUT2D eigenvalue weighted by Crippen LogP contribution is -2.25. The van der Waals surface area contributed by atoms with E-state index in [9.17, 15) is 9.90 Å². The highest BCUT2D eigenvalue weighted by Crippen LogP contribution is 2.23. The summed E-state index contributed by atoms with van der Waals surface area (Å²) in [6.07, 6.45) is 0. The van der Waals surface area contributed by atoms with Gasteiger partial charge in [0.2, 0.25) is 0 Å². The molecule has 0 aliphatic carbocycles. The predicted molar refractivity (Wildman–Crippen MR) is 77.2 cm³/mol. The summed E-state index contributed by atoms with van der Waals surface area (Å²) in [6, 6.07) is 6.97. The van der Waals surface area contributed by atoms with E-state index < -0.39 is 5.97 Å². The van der Waals surface area contributed by atoms with Crippen molar-refractivity contribution in [3.05, 3.63) is 45.2 Å². The van der Waals surface area contributed by atoms with Crippen LogP contribution in [0.3, 0.4) is 0 Å². The Kier molecular flexibility index (Phi) is 4.39. The summed E-state index contributed by atoms with van der Waals surface area (Å²) >= 11 is 7.51. The van der Waals surface area contributed by atoms with Gasteiger partial charge in [-0.05, 0) is 30.5 Å². The molecule has 0 atom stereocenters. The minimum atomic E-state index is -0.996. The number of thiophene rings is 1. The lowest BCUT2D eigenvalue weighted by Gasteiger charge is -2.22. The fourth-order valence-electron chi connectivity index (χ4n) is 1.76. The van der Waals surface area contributed by atoms with E-state index in [1.807, 2.05) is 29.3 Å². The molecule has 0 fully saturated rings. The van der Waals surface area contributed by atoms with Gasteiger partial charge in [0.15, 0.2) is 0 Å². The summed E-state index contributed by atoms with van der Waals surface area (Å²) in [4.78, 5) is 18.5. The second-order valence-electron chi connectivity index (χ2n) is 3.90. The Hall–Kier alpha value is -1.59. The summed E-state index contributed by atoms with van der Waals surface area (Å²) in [5.74, 6) is -0.584.